The third-order valence-corrected chi connectivity index (χ3v) is 8.91. The number of nitrogens with one attached hydrogen (secondary N) is 2. The lowest BCUT2D eigenvalue weighted by molar-refractivity contribution is 0.305. The Morgan fingerprint density at radius 2 is 1.74 bits per heavy atom. The van der Waals surface area contributed by atoms with E-state index in [1.54, 1.807) is 26.6 Å². The maximum absolute atomic E-state index is 7.46. The summed E-state index contributed by atoms with van der Waals surface area (Å²) in [6.45, 7) is 2.89. The maximum Gasteiger partial charge on any atom is 0.198 e. The van der Waals surface area contributed by atoms with Gasteiger partial charge in [-0.1, -0.05) is 36.4 Å². The number of hydrogen-bond acceptors (Lipinski definition) is 7. The van der Waals surface area contributed by atoms with Crippen molar-refractivity contribution in [2.24, 2.45) is 10.7 Å². The minimum atomic E-state index is -1.08. The smallest absolute Gasteiger partial charge is 0.198 e. The second kappa shape index (κ2) is 14.1. The van der Waals surface area contributed by atoms with Gasteiger partial charge in [-0.05, 0) is 71.6 Å². The highest BCUT2D eigenvalue weighted by molar-refractivity contribution is 6.18. The summed E-state index contributed by atoms with van der Waals surface area (Å²) in [4.78, 5) is 13.6. The van der Waals surface area contributed by atoms with Gasteiger partial charge in [0, 0.05) is 48.1 Å². The number of aryl methyl sites for hydroxylation is 1. The van der Waals surface area contributed by atoms with Crippen molar-refractivity contribution in [2.45, 2.75) is 25.6 Å². The van der Waals surface area contributed by atoms with E-state index in [0.717, 1.165) is 61.5 Å². The Kier molecular flexibility index (Phi) is 9.29. The Morgan fingerprint density at radius 3 is 2.52 bits per heavy atom. The maximum atomic E-state index is 7.46. The summed E-state index contributed by atoms with van der Waals surface area (Å²) in [5, 5.41) is 7.96. The zero-order valence-electron chi connectivity index (χ0n) is 28.1. The molecule has 0 aliphatic carbocycles. The number of ether oxygens (including phenoxy) is 3. The molecule has 0 amide bonds. The summed E-state index contributed by atoms with van der Waals surface area (Å²) in [5.74, 6) is 3.88. The number of fused-ring (bicyclic) bond motifs is 2. The van der Waals surface area contributed by atoms with Gasteiger partial charge in [0.15, 0.2) is 5.96 Å². The van der Waals surface area contributed by atoms with Gasteiger partial charge in [0.25, 0.3) is 0 Å². The first-order chi connectivity index (χ1) is 24.4. The van der Waals surface area contributed by atoms with Gasteiger partial charge in [0.1, 0.15) is 41.9 Å². The number of benzene rings is 3. The van der Waals surface area contributed by atoms with Crippen molar-refractivity contribution in [2.75, 3.05) is 32.0 Å². The predicted octanol–water partition coefficient (Wildman–Crippen LogP) is 6.96. The van der Waals surface area contributed by atoms with E-state index >= 15 is 0 Å². The van der Waals surface area contributed by atoms with Gasteiger partial charge >= 0.3 is 0 Å². The standard InChI is InChI=1S/C39H38ClN7O3/c1-25-6-4-5-7-35(25)47-23-33(28-10-13-34-29(17-28)18-32(22-44-34)50-24-26-8-11-30(48-3)12-9-26)36-37(47)45-38(42-2)46-39(36,41)19-27-16-31(21-43-20-27)49-15-14-40/h4-13,16-18,20-23H,14-15,19,24,41H2,1-3H3,(H2,42,45,46). The van der Waals surface area contributed by atoms with E-state index in [9.17, 15) is 0 Å². The minimum absolute atomic E-state index is 0.380. The first-order valence-corrected chi connectivity index (χ1v) is 16.8. The number of guanidine groups is 1. The molecule has 4 N–H and O–H groups in total. The molecule has 3 aromatic heterocycles. The van der Waals surface area contributed by atoms with Crippen LogP contribution in [0.2, 0.25) is 0 Å². The normalized spacial score (nSPS) is 16.1. The molecule has 50 heavy (non-hydrogen) atoms. The highest BCUT2D eigenvalue weighted by Gasteiger charge is 2.41. The number of anilines is 1. The number of rotatable bonds is 11. The fraction of sp³-hybridized carbons (Fsp3) is 0.205. The highest BCUT2D eigenvalue weighted by Crippen LogP contribution is 2.43. The lowest BCUT2D eigenvalue weighted by atomic mass is 9.88. The molecule has 10 nitrogen and oxygen atoms in total. The van der Waals surface area contributed by atoms with Crippen molar-refractivity contribution in [1.29, 1.82) is 0 Å². The molecule has 1 aliphatic heterocycles. The topological polar surface area (TPSA) is 121 Å². The Labute approximate surface area is 295 Å². The molecule has 0 fully saturated rings. The van der Waals surface area contributed by atoms with E-state index in [0.29, 0.717) is 43.0 Å². The first-order valence-electron chi connectivity index (χ1n) is 16.3. The summed E-state index contributed by atoms with van der Waals surface area (Å²) in [7, 11) is 3.39. The molecular weight excluding hydrogens is 650 g/mol. The van der Waals surface area contributed by atoms with Crippen molar-refractivity contribution in [3.05, 3.63) is 126 Å². The number of pyridine rings is 2. The van der Waals surface area contributed by atoms with Crippen LogP contribution in [0.3, 0.4) is 0 Å². The van der Waals surface area contributed by atoms with Gasteiger partial charge in [0.2, 0.25) is 0 Å². The SMILES string of the molecule is CN=C1Nc2c(c(-c3ccc4ncc(OCc5ccc(OC)cc5)cc4c3)cn2-c2ccccc2C)C(N)(Cc2cncc(OCCCl)c2)N1. The van der Waals surface area contributed by atoms with Crippen molar-refractivity contribution < 1.29 is 14.2 Å². The number of nitrogens with zero attached hydrogens (tertiary/aromatic N) is 4. The lowest BCUT2D eigenvalue weighted by Crippen LogP contribution is -2.59. The third-order valence-electron chi connectivity index (χ3n) is 8.76. The average molecular weight is 688 g/mol. The monoisotopic (exact) mass is 687 g/mol. The van der Waals surface area contributed by atoms with E-state index in [4.69, 9.17) is 36.5 Å². The van der Waals surface area contributed by atoms with Crippen LogP contribution in [0.25, 0.3) is 27.7 Å². The van der Waals surface area contributed by atoms with Crippen molar-refractivity contribution >= 4 is 34.3 Å². The minimum Gasteiger partial charge on any atom is -0.497 e. The molecule has 3 aromatic carbocycles. The quantitative estimate of drug-likeness (QED) is 0.125. The van der Waals surface area contributed by atoms with Gasteiger partial charge in [-0.15, -0.1) is 11.6 Å². The zero-order chi connectivity index (χ0) is 34.7. The molecule has 254 valence electrons. The van der Waals surface area contributed by atoms with Crippen LogP contribution < -0.4 is 30.6 Å². The van der Waals surface area contributed by atoms with E-state index < -0.39 is 5.66 Å². The predicted molar refractivity (Wildman–Crippen MR) is 199 cm³/mol. The number of para-hydroxylation sites is 1. The van der Waals surface area contributed by atoms with Crippen LogP contribution in [0.1, 0.15) is 22.3 Å². The Balaban J connectivity index is 1.32. The molecule has 0 bridgehead atoms. The van der Waals surface area contributed by atoms with Gasteiger partial charge in [-0.2, -0.15) is 0 Å². The molecule has 1 aliphatic rings. The number of alkyl halides is 1. The van der Waals surface area contributed by atoms with Crippen molar-refractivity contribution in [3.63, 3.8) is 0 Å². The summed E-state index contributed by atoms with van der Waals surface area (Å²) in [5.41, 5.74) is 14.1. The molecule has 0 spiro atoms. The molecule has 0 radical (unpaired) electrons. The van der Waals surface area contributed by atoms with Crippen LogP contribution in [-0.4, -0.2) is 47.1 Å². The molecule has 1 unspecified atom stereocenters. The van der Waals surface area contributed by atoms with Gasteiger partial charge < -0.3 is 35.1 Å². The summed E-state index contributed by atoms with van der Waals surface area (Å²) >= 11 is 5.88. The number of methoxy groups -OCH3 is 1. The van der Waals surface area contributed by atoms with Crippen LogP contribution in [0, 0.1) is 6.92 Å². The second-order valence-corrected chi connectivity index (χ2v) is 12.6. The van der Waals surface area contributed by atoms with Crippen molar-refractivity contribution in [3.8, 4) is 34.1 Å². The van der Waals surface area contributed by atoms with Crippen LogP contribution in [0.15, 0.2) is 109 Å². The molecule has 11 heteroatoms. The lowest BCUT2D eigenvalue weighted by Gasteiger charge is -2.38. The Bertz CT molecular complexity index is 2180. The molecule has 0 saturated carbocycles. The van der Waals surface area contributed by atoms with Crippen LogP contribution in [0.5, 0.6) is 17.2 Å². The fourth-order valence-corrected chi connectivity index (χ4v) is 6.43. The molecular formula is C39H38ClN7O3. The van der Waals surface area contributed by atoms with Gasteiger partial charge in [-0.25, -0.2) is 0 Å². The summed E-state index contributed by atoms with van der Waals surface area (Å²) in [6.07, 6.45) is 7.78. The number of nitrogens with two attached hydrogens (primary N) is 1. The van der Waals surface area contributed by atoms with Crippen LogP contribution in [0.4, 0.5) is 5.82 Å². The molecule has 7 rings (SSSR count). The molecule has 6 aromatic rings. The van der Waals surface area contributed by atoms with E-state index in [1.165, 1.54) is 0 Å². The Morgan fingerprint density at radius 1 is 0.920 bits per heavy atom. The fourth-order valence-electron chi connectivity index (χ4n) is 6.35. The van der Waals surface area contributed by atoms with Gasteiger partial charge in [0.05, 0.1) is 30.9 Å². The van der Waals surface area contributed by atoms with Crippen LogP contribution >= 0.6 is 11.6 Å². The second-order valence-electron chi connectivity index (χ2n) is 12.2. The molecule has 4 heterocycles. The molecule has 1 atom stereocenters. The van der Waals surface area contributed by atoms with E-state index in [1.807, 2.05) is 60.8 Å². The van der Waals surface area contributed by atoms with Crippen molar-refractivity contribution in [1.82, 2.24) is 19.9 Å². The largest absolute Gasteiger partial charge is 0.497 e. The van der Waals surface area contributed by atoms with Crippen LogP contribution in [-0.2, 0) is 18.7 Å². The number of hydrogen-bond donors (Lipinski definition) is 3. The molecule has 0 saturated heterocycles. The Hall–Kier alpha value is -5.58. The summed E-state index contributed by atoms with van der Waals surface area (Å²) in [6, 6.07) is 26.3. The number of halogens is 1. The zero-order valence-corrected chi connectivity index (χ0v) is 28.9. The average Bonchev–Trinajstić information content (AvgIpc) is 3.53. The van der Waals surface area contributed by atoms with Gasteiger partial charge in [-0.3, -0.25) is 15.0 Å². The number of aromatic nitrogens is 3. The third kappa shape index (κ3) is 6.67. The summed E-state index contributed by atoms with van der Waals surface area (Å²) < 4.78 is 19.4. The van der Waals surface area contributed by atoms with E-state index in [2.05, 4.69) is 62.6 Å². The first kappa shape index (κ1) is 32.9. The number of aliphatic imine (C=N–C) groups is 1. The van der Waals surface area contributed by atoms with E-state index in [-0.39, 0.29) is 0 Å². The highest BCUT2D eigenvalue weighted by atomic mass is 35.5.